The van der Waals surface area contributed by atoms with E-state index < -0.39 is 0 Å². The molecule has 112 valence electrons. The van der Waals surface area contributed by atoms with Gasteiger partial charge in [-0.3, -0.25) is 4.99 Å². The molecule has 1 rings (SSSR count). The minimum atomic E-state index is 0.755. The number of hydrogen-bond acceptors (Lipinski definition) is 3. The van der Waals surface area contributed by atoms with Crippen LogP contribution in [0.5, 0.6) is 5.75 Å². The molecule has 0 aliphatic heterocycles. The van der Waals surface area contributed by atoms with E-state index in [1.807, 2.05) is 18.2 Å². The highest BCUT2D eigenvalue weighted by Gasteiger charge is 2.02. The average Bonchev–Trinajstić information content (AvgIpc) is 2.50. The van der Waals surface area contributed by atoms with Crippen molar-refractivity contribution in [3.05, 3.63) is 29.8 Å². The molecule has 0 amide bonds. The summed E-state index contributed by atoms with van der Waals surface area (Å²) in [4.78, 5) is 4.18. The number of para-hydroxylation sites is 1. The van der Waals surface area contributed by atoms with Crippen molar-refractivity contribution < 1.29 is 9.47 Å². The van der Waals surface area contributed by atoms with Gasteiger partial charge in [-0.15, -0.1) is 0 Å². The van der Waals surface area contributed by atoms with Gasteiger partial charge in [0.05, 0.1) is 7.11 Å². The summed E-state index contributed by atoms with van der Waals surface area (Å²) in [5, 5.41) is 6.54. The Hall–Kier alpha value is -1.75. The Bertz CT molecular complexity index is 408. The fourth-order valence-electron chi connectivity index (χ4n) is 1.87. The van der Waals surface area contributed by atoms with Crippen LogP contribution in [0, 0.1) is 0 Å². The van der Waals surface area contributed by atoms with Gasteiger partial charge in [0.15, 0.2) is 5.96 Å². The van der Waals surface area contributed by atoms with E-state index >= 15 is 0 Å². The number of hydrogen-bond donors (Lipinski definition) is 2. The van der Waals surface area contributed by atoms with Gasteiger partial charge in [-0.05, 0) is 24.5 Å². The molecular formula is C15H25N3O2. The van der Waals surface area contributed by atoms with E-state index in [2.05, 4.69) is 21.7 Å². The molecule has 0 unspecified atom stereocenters. The molecule has 5 nitrogen and oxygen atoms in total. The zero-order chi connectivity index (χ0) is 14.6. The third kappa shape index (κ3) is 5.93. The largest absolute Gasteiger partial charge is 0.496 e. The first-order valence-electron chi connectivity index (χ1n) is 6.87. The van der Waals surface area contributed by atoms with Gasteiger partial charge in [0, 0.05) is 33.9 Å². The Morgan fingerprint density at radius 2 is 1.90 bits per heavy atom. The second kappa shape index (κ2) is 10.1. The van der Waals surface area contributed by atoms with Gasteiger partial charge >= 0.3 is 0 Å². The third-order valence-corrected chi connectivity index (χ3v) is 2.92. The first kappa shape index (κ1) is 16.3. The van der Waals surface area contributed by atoms with Gasteiger partial charge in [0.2, 0.25) is 0 Å². The fraction of sp³-hybridized carbons (Fsp3) is 0.533. The average molecular weight is 279 g/mol. The van der Waals surface area contributed by atoms with Crippen molar-refractivity contribution in [2.75, 3.05) is 41.0 Å². The smallest absolute Gasteiger partial charge is 0.190 e. The first-order chi connectivity index (χ1) is 9.81. The summed E-state index contributed by atoms with van der Waals surface area (Å²) in [7, 11) is 5.18. The van der Waals surface area contributed by atoms with Crippen molar-refractivity contribution in [2.24, 2.45) is 4.99 Å². The van der Waals surface area contributed by atoms with E-state index in [9.17, 15) is 0 Å². The molecule has 0 bridgehead atoms. The topological polar surface area (TPSA) is 54.9 Å². The minimum absolute atomic E-state index is 0.755. The van der Waals surface area contributed by atoms with Crippen LogP contribution in [0.3, 0.4) is 0 Å². The van der Waals surface area contributed by atoms with Crippen LogP contribution in [0.15, 0.2) is 29.3 Å². The summed E-state index contributed by atoms with van der Waals surface area (Å²) in [5.74, 6) is 1.74. The first-order valence-corrected chi connectivity index (χ1v) is 6.87. The van der Waals surface area contributed by atoms with E-state index in [4.69, 9.17) is 9.47 Å². The molecule has 1 aromatic carbocycles. The highest BCUT2D eigenvalue weighted by molar-refractivity contribution is 5.79. The summed E-state index contributed by atoms with van der Waals surface area (Å²) in [6.45, 7) is 2.41. The molecule has 0 radical (unpaired) electrons. The summed E-state index contributed by atoms with van der Waals surface area (Å²) in [5.41, 5.74) is 1.19. The van der Waals surface area contributed by atoms with Crippen molar-refractivity contribution in [1.29, 1.82) is 0 Å². The van der Waals surface area contributed by atoms with Gasteiger partial charge < -0.3 is 20.1 Å². The number of nitrogens with one attached hydrogen (secondary N) is 2. The summed E-state index contributed by atoms with van der Waals surface area (Å²) in [6, 6.07) is 8.06. The number of rotatable bonds is 8. The van der Waals surface area contributed by atoms with Crippen LogP contribution in [0.25, 0.3) is 0 Å². The Morgan fingerprint density at radius 3 is 2.60 bits per heavy atom. The quantitative estimate of drug-likeness (QED) is 0.429. The van der Waals surface area contributed by atoms with Crippen molar-refractivity contribution in [3.63, 3.8) is 0 Å². The standard InChI is InChI=1S/C15H25N3O2/c1-16-15(17-10-6-12-19-2)18-11-9-13-7-4-5-8-14(13)20-3/h4-5,7-8H,6,9-12H2,1-3H3,(H2,16,17,18). The van der Waals surface area contributed by atoms with Crippen LogP contribution in [0.2, 0.25) is 0 Å². The van der Waals surface area contributed by atoms with Crippen LogP contribution >= 0.6 is 0 Å². The second-order valence-electron chi connectivity index (χ2n) is 4.33. The second-order valence-corrected chi connectivity index (χ2v) is 4.33. The lowest BCUT2D eigenvalue weighted by Crippen LogP contribution is -2.39. The van der Waals surface area contributed by atoms with E-state index in [0.717, 1.165) is 44.2 Å². The maximum atomic E-state index is 5.33. The van der Waals surface area contributed by atoms with Gasteiger partial charge in [0.25, 0.3) is 0 Å². The summed E-state index contributed by atoms with van der Waals surface area (Å²) in [6.07, 6.45) is 1.85. The van der Waals surface area contributed by atoms with Gasteiger partial charge in [-0.1, -0.05) is 18.2 Å². The molecule has 2 N–H and O–H groups in total. The molecular weight excluding hydrogens is 254 g/mol. The summed E-state index contributed by atoms with van der Waals surface area (Å²) >= 11 is 0. The number of aliphatic imine (C=N–C) groups is 1. The molecule has 1 aromatic rings. The zero-order valence-electron chi connectivity index (χ0n) is 12.6. The van der Waals surface area contributed by atoms with Crippen LogP contribution in [-0.2, 0) is 11.2 Å². The normalized spacial score (nSPS) is 11.2. The summed E-state index contributed by atoms with van der Waals surface area (Å²) < 4.78 is 10.3. The lowest BCUT2D eigenvalue weighted by molar-refractivity contribution is 0.195. The maximum Gasteiger partial charge on any atom is 0.190 e. The molecule has 0 saturated carbocycles. The van der Waals surface area contributed by atoms with Crippen molar-refractivity contribution in [3.8, 4) is 5.75 Å². The Kier molecular flexibility index (Phi) is 8.22. The van der Waals surface area contributed by atoms with Crippen LogP contribution < -0.4 is 15.4 Å². The molecule has 0 spiro atoms. The predicted molar refractivity (Wildman–Crippen MR) is 82.6 cm³/mol. The van der Waals surface area contributed by atoms with Crippen LogP contribution in [-0.4, -0.2) is 46.9 Å². The monoisotopic (exact) mass is 279 g/mol. The molecule has 20 heavy (non-hydrogen) atoms. The lowest BCUT2D eigenvalue weighted by atomic mass is 10.1. The maximum absolute atomic E-state index is 5.33. The highest BCUT2D eigenvalue weighted by atomic mass is 16.5. The SMILES string of the molecule is CN=C(NCCCOC)NCCc1ccccc1OC. The molecule has 5 heteroatoms. The molecule has 0 saturated heterocycles. The lowest BCUT2D eigenvalue weighted by Gasteiger charge is -2.12. The van der Waals surface area contributed by atoms with Crippen LogP contribution in [0.1, 0.15) is 12.0 Å². The van der Waals surface area contributed by atoms with Gasteiger partial charge in [0.1, 0.15) is 5.75 Å². The Morgan fingerprint density at radius 1 is 1.15 bits per heavy atom. The molecule has 0 aliphatic carbocycles. The van der Waals surface area contributed by atoms with E-state index in [1.165, 1.54) is 5.56 Å². The van der Waals surface area contributed by atoms with Gasteiger partial charge in [-0.25, -0.2) is 0 Å². The Balaban J connectivity index is 2.31. The van der Waals surface area contributed by atoms with E-state index in [-0.39, 0.29) is 0 Å². The van der Waals surface area contributed by atoms with Crippen molar-refractivity contribution in [1.82, 2.24) is 10.6 Å². The number of guanidine groups is 1. The van der Waals surface area contributed by atoms with Crippen molar-refractivity contribution in [2.45, 2.75) is 12.8 Å². The molecule has 0 fully saturated rings. The molecule has 0 aromatic heterocycles. The van der Waals surface area contributed by atoms with Crippen molar-refractivity contribution >= 4 is 5.96 Å². The number of ether oxygens (including phenoxy) is 2. The Labute approximate surface area is 121 Å². The number of benzene rings is 1. The molecule has 0 heterocycles. The predicted octanol–water partition coefficient (Wildman–Crippen LogP) is 1.44. The highest BCUT2D eigenvalue weighted by Crippen LogP contribution is 2.17. The zero-order valence-corrected chi connectivity index (χ0v) is 12.6. The fourth-order valence-corrected chi connectivity index (χ4v) is 1.87. The number of nitrogens with zero attached hydrogens (tertiary/aromatic N) is 1. The molecule has 0 atom stereocenters. The minimum Gasteiger partial charge on any atom is -0.496 e. The van der Waals surface area contributed by atoms with E-state index in [1.54, 1.807) is 21.3 Å². The van der Waals surface area contributed by atoms with E-state index in [0.29, 0.717) is 0 Å². The third-order valence-electron chi connectivity index (χ3n) is 2.92. The van der Waals surface area contributed by atoms with Crippen LogP contribution in [0.4, 0.5) is 0 Å². The molecule has 0 aliphatic rings. The number of methoxy groups -OCH3 is 2. The van der Waals surface area contributed by atoms with Gasteiger partial charge in [-0.2, -0.15) is 0 Å².